The number of rotatable bonds is 4. The summed E-state index contributed by atoms with van der Waals surface area (Å²) in [6.45, 7) is 7.68. The van der Waals surface area contributed by atoms with Gasteiger partial charge in [0.15, 0.2) is 0 Å². The molecule has 1 rings (SSSR count). The van der Waals surface area contributed by atoms with Crippen molar-refractivity contribution in [1.82, 2.24) is 9.62 Å². The second kappa shape index (κ2) is 5.67. The number of hydrogen-bond donors (Lipinski definition) is 1. The van der Waals surface area contributed by atoms with Gasteiger partial charge in [-0.3, -0.25) is 0 Å². The summed E-state index contributed by atoms with van der Waals surface area (Å²) in [5.74, 6) is 0.236. The Morgan fingerprint density at radius 2 is 1.94 bits per heavy atom. The van der Waals surface area contributed by atoms with E-state index in [0.717, 1.165) is 25.8 Å². The molecule has 1 atom stereocenters. The van der Waals surface area contributed by atoms with E-state index < -0.39 is 10.0 Å². The summed E-state index contributed by atoms with van der Waals surface area (Å²) >= 11 is 0. The van der Waals surface area contributed by atoms with E-state index >= 15 is 0 Å². The van der Waals surface area contributed by atoms with Crippen LogP contribution in [-0.4, -0.2) is 44.7 Å². The van der Waals surface area contributed by atoms with E-state index in [9.17, 15) is 8.42 Å². The van der Waals surface area contributed by atoms with Gasteiger partial charge < -0.3 is 5.32 Å². The fraction of sp³-hybridized carbons (Fsp3) is 1.00. The fourth-order valence-corrected chi connectivity index (χ4v) is 3.85. The highest BCUT2D eigenvalue weighted by molar-refractivity contribution is 7.89. The van der Waals surface area contributed by atoms with Crippen molar-refractivity contribution < 1.29 is 8.42 Å². The zero-order valence-corrected chi connectivity index (χ0v) is 12.3. The van der Waals surface area contributed by atoms with Crippen LogP contribution in [0.2, 0.25) is 0 Å². The third kappa shape index (κ3) is 5.36. The van der Waals surface area contributed by atoms with E-state index in [1.54, 1.807) is 7.05 Å². The molecule has 0 saturated carbocycles. The highest BCUT2D eigenvalue weighted by Crippen LogP contribution is 2.18. The van der Waals surface area contributed by atoms with Crippen molar-refractivity contribution >= 4 is 10.0 Å². The minimum Gasteiger partial charge on any atom is -0.313 e. The first-order chi connectivity index (χ1) is 7.71. The number of nitrogens with one attached hydrogen (secondary N) is 1. The molecular weight excluding hydrogens is 236 g/mol. The van der Waals surface area contributed by atoms with Crippen LogP contribution in [-0.2, 0) is 10.0 Å². The molecule has 0 aliphatic carbocycles. The lowest BCUT2D eigenvalue weighted by Gasteiger charge is -2.29. The van der Waals surface area contributed by atoms with Crippen LogP contribution >= 0.6 is 0 Å². The lowest BCUT2D eigenvalue weighted by Crippen LogP contribution is -2.44. The Morgan fingerprint density at radius 3 is 2.41 bits per heavy atom. The summed E-state index contributed by atoms with van der Waals surface area (Å²) < 4.78 is 25.8. The molecule has 5 heteroatoms. The normalized spacial score (nSPS) is 23.0. The van der Waals surface area contributed by atoms with Crippen LogP contribution in [0.1, 0.15) is 40.0 Å². The first-order valence-electron chi connectivity index (χ1n) is 6.38. The first kappa shape index (κ1) is 14.9. The highest BCUT2D eigenvalue weighted by atomic mass is 32.2. The van der Waals surface area contributed by atoms with Gasteiger partial charge in [0.25, 0.3) is 0 Å². The van der Waals surface area contributed by atoms with Crippen LogP contribution in [0.5, 0.6) is 0 Å². The van der Waals surface area contributed by atoms with Gasteiger partial charge in [0.2, 0.25) is 10.0 Å². The molecule has 1 saturated heterocycles. The second-order valence-corrected chi connectivity index (χ2v) is 8.36. The summed E-state index contributed by atoms with van der Waals surface area (Å²) in [6.07, 6.45) is 3.27. The van der Waals surface area contributed by atoms with Crippen molar-refractivity contribution in [2.75, 3.05) is 25.9 Å². The Bertz CT molecular complexity index is 327. The summed E-state index contributed by atoms with van der Waals surface area (Å²) in [6, 6.07) is 0.135. The maximum Gasteiger partial charge on any atom is 0.215 e. The lowest BCUT2D eigenvalue weighted by molar-refractivity contribution is 0.308. The molecule has 1 aliphatic rings. The third-order valence-corrected chi connectivity index (χ3v) is 4.90. The van der Waals surface area contributed by atoms with E-state index in [-0.39, 0.29) is 17.2 Å². The number of sulfonamides is 1. The van der Waals surface area contributed by atoms with E-state index in [2.05, 4.69) is 26.1 Å². The molecule has 0 bridgehead atoms. The number of piperidine rings is 1. The highest BCUT2D eigenvalue weighted by Gasteiger charge is 2.27. The quantitative estimate of drug-likeness (QED) is 0.834. The molecule has 1 fully saturated rings. The van der Waals surface area contributed by atoms with Gasteiger partial charge in [0.1, 0.15) is 0 Å². The molecule has 17 heavy (non-hydrogen) atoms. The van der Waals surface area contributed by atoms with Crippen LogP contribution in [0.15, 0.2) is 0 Å². The number of hydrogen-bond acceptors (Lipinski definition) is 3. The molecule has 0 aromatic carbocycles. The maximum atomic E-state index is 12.2. The summed E-state index contributed by atoms with van der Waals surface area (Å²) in [4.78, 5) is 0. The molecule has 0 amide bonds. The monoisotopic (exact) mass is 262 g/mol. The van der Waals surface area contributed by atoms with Crippen molar-refractivity contribution in [3.8, 4) is 0 Å². The van der Waals surface area contributed by atoms with Crippen molar-refractivity contribution in [3.63, 3.8) is 0 Å². The molecule has 0 radical (unpaired) electrons. The van der Waals surface area contributed by atoms with Crippen molar-refractivity contribution in [2.24, 2.45) is 5.41 Å². The van der Waals surface area contributed by atoms with Crippen molar-refractivity contribution in [2.45, 2.75) is 46.1 Å². The smallest absolute Gasteiger partial charge is 0.215 e. The molecule has 0 aromatic rings. The molecule has 0 aromatic heterocycles. The average Bonchev–Trinajstić information content (AvgIpc) is 2.15. The lowest BCUT2D eigenvalue weighted by atomic mass is 9.97. The van der Waals surface area contributed by atoms with Gasteiger partial charge in [-0.1, -0.05) is 27.2 Å². The number of nitrogens with zero attached hydrogens (tertiary/aromatic N) is 1. The average molecular weight is 262 g/mol. The van der Waals surface area contributed by atoms with Gasteiger partial charge in [-0.2, -0.15) is 0 Å². The minimum absolute atomic E-state index is 0.00180. The van der Waals surface area contributed by atoms with Gasteiger partial charge in [0.05, 0.1) is 5.75 Å². The summed E-state index contributed by atoms with van der Waals surface area (Å²) in [5.41, 5.74) is 0.00180. The topological polar surface area (TPSA) is 49.4 Å². The first-order valence-corrected chi connectivity index (χ1v) is 7.99. The molecular formula is C12H26N2O2S. The largest absolute Gasteiger partial charge is 0.313 e. The van der Waals surface area contributed by atoms with Gasteiger partial charge in [-0.15, -0.1) is 0 Å². The van der Waals surface area contributed by atoms with Gasteiger partial charge in [-0.25, -0.2) is 12.7 Å². The molecule has 1 unspecified atom stereocenters. The van der Waals surface area contributed by atoms with Crippen LogP contribution in [0.25, 0.3) is 0 Å². The Balaban J connectivity index is 2.54. The van der Waals surface area contributed by atoms with Gasteiger partial charge >= 0.3 is 0 Å². The SMILES string of the molecule is CN(CC(C)(C)C)S(=O)(=O)CC1CCCCN1. The second-order valence-electron chi connectivity index (χ2n) is 6.24. The Morgan fingerprint density at radius 1 is 1.29 bits per heavy atom. The Hall–Kier alpha value is -0.130. The van der Waals surface area contributed by atoms with Crippen molar-refractivity contribution in [3.05, 3.63) is 0 Å². The Kier molecular flexibility index (Phi) is 4.98. The standard InChI is InChI=1S/C12H26N2O2S/c1-12(2,3)10-14(4)17(15,16)9-11-7-5-6-8-13-11/h11,13H,5-10H2,1-4H3. The molecule has 0 spiro atoms. The van der Waals surface area contributed by atoms with Crippen LogP contribution < -0.4 is 5.32 Å². The van der Waals surface area contributed by atoms with Crippen LogP contribution in [0, 0.1) is 5.41 Å². The molecule has 4 nitrogen and oxygen atoms in total. The molecule has 102 valence electrons. The molecule has 1 aliphatic heterocycles. The van der Waals surface area contributed by atoms with Crippen LogP contribution in [0.4, 0.5) is 0 Å². The van der Waals surface area contributed by atoms with Crippen LogP contribution in [0.3, 0.4) is 0 Å². The predicted octanol–water partition coefficient (Wildman–Crippen LogP) is 1.44. The van der Waals surface area contributed by atoms with E-state index in [1.807, 2.05) is 0 Å². The third-order valence-electron chi connectivity index (χ3n) is 3.00. The van der Waals surface area contributed by atoms with Crippen molar-refractivity contribution in [1.29, 1.82) is 0 Å². The summed E-state index contributed by atoms with van der Waals surface area (Å²) in [7, 11) is -1.44. The zero-order chi connectivity index (χ0) is 13.1. The summed E-state index contributed by atoms with van der Waals surface area (Å²) in [5, 5.41) is 3.29. The van der Waals surface area contributed by atoms with E-state index in [1.165, 1.54) is 4.31 Å². The fourth-order valence-electron chi connectivity index (χ4n) is 2.21. The zero-order valence-electron chi connectivity index (χ0n) is 11.5. The van der Waals surface area contributed by atoms with E-state index in [4.69, 9.17) is 0 Å². The minimum atomic E-state index is -3.12. The Labute approximate surface area is 106 Å². The van der Waals surface area contributed by atoms with Gasteiger partial charge in [-0.05, 0) is 24.8 Å². The van der Waals surface area contributed by atoms with E-state index in [0.29, 0.717) is 6.54 Å². The maximum absolute atomic E-state index is 12.2. The molecule has 1 N–H and O–H groups in total. The molecule has 1 heterocycles. The predicted molar refractivity (Wildman–Crippen MR) is 71.5 cm³/mol. The van der Waals surface area contributed by atoms with Gasteiger partial charge in [0, 0.05) is 19.6 Å².